The molecule has 2 rings (SSSR count). The summed E-state index contributed by atoms with van der Waals surface area (Å²) in [6.45, 7) is 0. The average molecular weight is 301 g/mol. The maximum absolute atomic E-state index is 11.4. The van der Waals surface area contributed by atoms with Crippen LogP contribution in [0.4, 0.5) is 0 Å². The number of carbonyl (C=O) groups is 1. The Kier molecular flexibility index (Phi) is 4.27. The summed E-state index contributed by atoms with van der Waals surface area (Å²) in [6.07, 6.45) is 0.399. The molecule has 1 heterocycles. The van der Waals surface area contributed by atoms with Gasteiger partial charge in [0.2, 0.25) is 0 Å². The lowest BCUT2D eigenvalue weighted by atomic mass is 9.95. The van der Waals surface area contributed by atoms with Gasteiger partial charge in [-0.3, -0.25) is 4.79 Å². The summed E-state index contributed by atoms with van der Waals surface area (Å²) in [4.78, 5) is 12.3. The molecule has 0 amide bonds. The molecule has 0 aliphatic heterocycles. The second kappa shape index (κ2) is 5.74. The van der Waals surface area contributed by atoms with Crippen LogP contribution in [-0.2, 0) is 11.2 Å². The molecule has 0 spiro atoms. The van der Waals surface area contributed by atoms with E-state index in [1.54, 1.807) is 30.3 Å². The zero-order valence-corrected chi connectivity index (χ0v) is 11.6. The van der Waals surface area contributed by atoms with E-state index >= 15 is 0 Å². The smallest absolute Gasteiger partial charge is 0.311 e. The van der Waals surface area contributed by atoms with Crippen LogP contribution >= 0.6 is 34.5 Å². The number of carboxylic acids is 1. The minimum atomic E-state index is -0.882. The van der Waals surface area contributed by atoms with Gasteiger partial charge in [0, 0.05) is 9.90 Å². The van der Waals surface area contributed by atoms with Crippen LogP contribution in [0.15, 0.2) is 36.4 Å². The largest absolute Gasteiger partial charge is 0.481 e. The SMILES string of the molecule is O=C(O)C(Cc1ccc(Cl)s1)c1ccccc1Cl. The van der Waals surface area contributed by atoms with Crippen molar-refractivity contribution in [2.75, 3.05) is 0 Å². The first-order chi connectivity index (χ1) is 8.58. The fraction of sp³-hybridized carbons (Fsp3) is 0.154. The Morgan fingerprint density at radius 2 is 1.94 bits per heavy atom. The number of rotatable bonds is 4. The fourth-order valence-corrected chi connectivity index (χ4v) is 3.15. The van der Waals surface area contributed by atoms with E-state index in [4.69, 9.17) is 23.2 Å². The molecule has 5 heteroatoms. The minimum absolute atomic E-state index is 0.399. The molecule has 1 atom stereocenters. The number of benzene rings is 1. The number of aliphatic carboxylic acids is 1. The van der Waals surface area contributed by atoms with Crippen molar-refractivity contribution in [3.05, 3.63) is 56.2 Å². The number of carboxylic acid groups (broad SMARTS) is 1. The monoisotopic (exact) mass is 300 g/mol. The van der Waals surface area contributed by atoms with Gasteiger partial charge in [0.1, 0.15) is 0 Å². The van der Waals surface area contributed by atoms with Gasteiger partial charge in [-0.25, -0.2) is 0 Å². The van der Waals surface area contributed by atoms with Crippen LogP contribution < -0.4 is 0 Å². The topological polar surface area (TPSA) is 37.3 Å². The van der Waals surface area contributed by atoms with Crippen molar-refractivity contribution in [3.63, 3.8) is 0 Å². The molecule has 1 aromatic carbocycles. The summed E-state index contributed by atoms with van der Waals surface area (Å²) in [6, 6.07) is 10.6. The highest BCUT2D eigenvalue weighted by atomic mass is 35.5. The van der Waals surface area contributed by atoms with Crippen LogP contribution in [0.3, 0.4) is 0 Å². The van der Waals surface area contributed by atoms with Crippen molar-refractivity contribution < 1.29 is 9.90 Å². The van der Waals surface area contributed by atoms with Crippen molar-refractivity contribution in [2.24, 2.45) is 0 Å². The first-order valence-electron chi connectivity index (χ1n) is 5.29. The Morgan fingerprint density at radius 1 is 1.22 bits per heavy atom. The van der Waals surface area contributed by atoms with Gasteiger partial charge in [0.05, 0.1) is 10.3 Å². The highest BCUT2D eigenvalue weighted by Gasteiger charge is 2.23. The summed E-state index contributed by atoms with van der Waals surface area (Å²) in [5, 5.41) is 9.81. The summed E-state index contributed by atoms with van der Waals surface area (Å²) < 4.78 is 0.660. The van der Waals surface area contributed by atoms with Gasteiger partial charge in [-0.15, -0.1) is 11.3 Å². The van der Waals surface area contributed by atoms with E-state index in [1.165, 1.54) is 11.3 Å². The van der Waals surface area contributed by atoms with Crippen LogP contribution in [-0.4, -0.2) is 11.1 Å². The molecule has 18 heavy (non-hydrogen) atoms. The predicted octanol–water partition coefficient (Wildman–Crippen LogP) is 4.47. The molecule has 94 valence electrons. The quantitative estimate of drug-likeness (QED) is 0.905. The lowest BCUT2D eigenvalue weighted by Crippen LogP contribution is -2.14. The third-order valence-electron chi connectivity index (χ3n) is 2.61. The second-order valence-corrected chi connectivity index (χ2v) is 6.03. The maximum atomic E-state index is 11.4. The van der Waals surface area contributed by atoms with Crippen molar-refractivity contribution in [3.8, 4) is 0 Å². The third kappa shape index (κ3) is 3.05. The van der Waals surface area contributed by atoms with Gasteiger partial charge < -0.3 is 5.11 Å². The summed E-state index contributed by atoms with van der Waals surface area (Å²) in [5.41, 5.74) is 0.635. The molecule has 1 aromatic heterocycles. The lowest BCUT2D eigenvalue weighted by Gasteiger charge is -2.13. The lowest BCUT2D eigenvalue weighted by molar-refractivity contribution is -0.138. The Hall–Kier alpha value is -1.03. The molecule has 2 aromatic rings. The molecule has 0 saturated carbocycles. The molecule has 0 saturated heterocycles. The molecule has 1 N–H and O–H groups in total. The van der Waals surface area contributed by atoms with Gasteiger partial charge in [-0.2, -0.15) is 0 Å². The Bertz CT molecular complexity index is 566. The highest BCUT2D eigenvalue weighted by Crippen LogP contribution is 2.31. The van der Waals surface area contributed by atoms with Crippen LogP contribution in [0.5, 0.6) is 0 Å². The van der Waals surface area contributed by atoms with Gasteiger partial charge in [-0.1, -0.05) is 41.4 Å². The van der Waals surface area contributed by atoms with E-state index in [9.17, 15) is 9.90 Å². The zero-order valence-electron chi connectivity index (χ0n) is 9.27. The summed E-state index contributed by atoms with van der Waals surface area (Å²) in [7, 11) is 0. The molecule has 0 bridgehead atoms. The molecular weight excluding hydrogens is 291 g/mol. The van der Waals surface area contributed by atoms with E-state index in [2.05, 4.69) is 0 Å². The predicted molar refractivity (Wildman–Crippen MR) is 74.9 cm³/mol. The van der Waals surface area contributed by atoms with E-state index in [0.717, 1.165) is 4.88 Å². The summed E-state index contributed by atoms with van der Waals surface area (Å²) in [5.74, 6) is -1.53. The second-order valence-electron chi connectivity index (χ2n) is 3.82. The Morgan fingerprint density at radius 3 is 2.50 bits per heavy atom. The minimum Gasteiger partial charge on any atom is -0.481 e. The maximum Gasteiger partial charge on any atom is 0.311 e. The van der Waals surface area contributed by atoms with Gasteiger partial charge >= 0.3 is 5.97 Å². The number of halogens is 2. The van der Waals surface area contributed by atoms with Gasteiger partial charge in [0.15, 0.2) is 0 Å². The highest BCUT2D eigenvalue weighted by molar-refractivity contribution is 7.16. The first kappa shape index (κ1) is 13.4. The standard InChI is InChI=1S/C13H10Cl2O2S/c14-11-4-2-1-3-9(11)10(13(16)17)7-8-5-6-12(15)18-8/h1-6,10H,7H2,(H,16,17). The Labute approximate surface area is 119 Å². The van der Waals surface area contributed by atoms with Crippen molar-refractivity contribution in [2.45, 2.75) is 12.3 Å². The summed E-state index contributed by atoms with van der Waals surface area (Å²) >= 11 is 13.3. The molecule has 0 fully saturated rings. The molecule has 0 aliphatic rings. The van der Waals surface area contributed by atoms with E-state index < -0.39 is 11.9 Å². The molecule has 0 aliphatic carbocycles. The molecule has 0 radical (unpaired) electrons. The fourth-order valence-electron chi connectivity index (χ4n) is 1.75. The van der Waals surface area contributed by atoms with Crippen LogP contribution in [0.1, 0.15) is 16.4 Å². The third-order valence-corrected chi connectivity index (χ3v) is 4.21. The zero-order chi connectivity index (χ0) is 13.1. The van der Waals surface area contributed by atoms with E-state index in [0.29, 0.717) is 21.3 Å². The average Bonchev–Trinajstić information content (AvgIpc) is 2.73. The Balaban J connectivity index is 2.30. The normalized spacial score (nSPS) is 12.3. The van der Waals surface area contributed by atoms with Gasteiger partial charge in [0.25, 0.3) is 0 Å². The number of hydrogen-bond donors (Lipinski definition) is 1. The number of thiophene rings is 1. The van der Waals surface area contributed by atoms with Crippen molar-refractivity contribution in [1.29, 1.82) is 0 Å². The van der Waals surface area contributed by atoms with Crippen LogP contribution in [0.25, 0.3) is 0 Å². The van der Waals surface area contributed by atoms with E-state index in [1.807, 2.05) is 6.07 Å². The van der Waals surface area contributed by atoms with Crippen molar-refractivity contribution >= 4 is 40.5 Å². The van der Waals surface area contributed by atoms with Crippen LogP contribution in [0, 0.1) is 0 Å². The molecule has 1 unspecified atom stereocenters. The number of hydrogen-bond acceptors (Lipinski definition) is 2. The van der Waals surface area contributed by atoms with E-state index in [-0.39, 0.29) is 0 Å². The first-order valence-corrected chi connectivity index (χ1v) is 6.86. The van der Waals surface area contributed by atoms with Gasteiger partial charge in [-0.05, 0) is 30.2 Å². The molecule has 2 nitrogen and oxygen atoms in total. The van der Waals surface area contributed by atoms with Crippen molar-refractivity contribution in [1.82, 2.24) is 0 Å². The van der Waals surface area contributed by atoms with Crippen LogP contribution in [0.2, 0.25) is 9.36 Å². The molecular formula is C13H10Cl2O2S.